The Morgan fingerprint density at radius 3 is 2.58 bits per heavy atom. The Labute approximate surface area is 163 Å². The van der Waals surface area contributed by atoms with Gasteiger partial charge in [0.15, 0.2) is 5.11 Å². The molecule has 2 N–H and O–H groups in total. The maximum Gasteiger partial charge on any atom is 0.257 e. The summed E-state index contributed by atoms with van der Waals surface area (Å²) in [5.41, 5.74) is 0.623. The number of benzene rings is 1. The molecule has 1 amide bonds. The van der Waals surface area contributed by atoms with Crippen LogP contribution in [0.3, 0.4) is 0 Å². The predicted octanol–water partition coefficient (Wildman–Crippen LogP) is 3.97. The number of unbranched alkanes of at least 4 members (excludes halogenated alkanes) is 2. The third-order valence-corrected chi connectivity index (χ3v) is 5.31. The van der Waals surface area contributed by atoms with Crippen molar-refractivity contribution in [2.24, 2.45) is 5.92 Å². The van der Waals surface area contributed by atoms with Gasteiger partial charge in [-0.2, -0.15) is 0 Å². The largest absolute Gasteiger partial charge is 0.362 e. The lowest BCUT2D eigenvalue weighted by atomic mass is 9.89. The van der Waals surface area contributed by atoms with Crippen molar-refractivity contribution in [2.45, 2.75) is 51.4 Å². The van der Waals surface area contributed by atoms with E-state index in [4.69, 9.17) is 12.2 Å². The van der Waals surface area contributed by atoms with E-state index in [9.17, 15) is 4.79 Å². The smallest absolute Gasteiger partial charge is 0.257 e. The van der Waals surface area contributed by atoms with E-state index in [1.54, 1.807) is 12.1 Å². The van der Waals surface area contributed by atoms with E-state index in [0.717, 1.165) is 18.9 Å². The maximum absolute atomic E-state index is 12.0. The number of amides is 1. The molecule has 0 unspecified atom stereocenters. The Hall–Kier alpha value is -1.46. The van der Waals surface area contributed by atoms with Crippen LogP contribution in [0.5, 0.6) is 0 Å². The highest BCUT2D eigenvalue weighted by molar-refractivity contribution is 7.80. The van der Waals surface area contributed by atoms with Crippen molar-refractivity contribution in [2.75, 3.05) is 26.7 Å². The second kappa shape index (κ2) is 12.0. The van der Waals surface area contributed by atoms with E-state index >= 15 is 0 Å². The molecule has 0 saturated heterocycles. The highest BCUT2D eigenvalue weighted by Gasteiger charge is 2.14. The van der Waals surface area contributed by atoms with Crippen molar-refractivity contribution in [1.82, 2.24) is 15.5 Å². The molecule has 0 bridgehead atoms. The van der Waals surface area contributed by atoms with Gasteiger partial charge in [0.2, 0.25) is 0 Å². The van der Waals surface area contributed by atoms with Crippen molar-refractivity contribution in [3.05, 3.63) is 35.9 Å². The first-order chi connectivity index (χ1) is 12.6. The first-order valence-corrected chi connectivity index (χ1v) is 10.4. The average Bonchev–Trinajstić information content (AvgIpc) is 2.66. The lowest BCUT2D eigenvalue weighted by molar-refractivity contribution is 0.0976. The molecule has 1 saturated carbocycles. The number of hydrogen-bond acceptors (Lipinski definition) is 3. The highest BCUT2D eigenvalue weighted by atomic mass is 32.1. The van der Waals surface area contributed by atoms with Gasteiger partial charge < -0.3 is 10.2 Å². The molecule has 0 aliphatic heterocycles. The van der Waals surface area contributed by atoms with Crippen molar-refractivity contribution < 1.29 is 4.79 Å². The summed E-state index contributed by atoms with van der Waals surface area (Å²) in [4.78, 5) is 14.5. The van der Waals surface area contributed by atoms with E-state index in [0.29, 0.717) is 10.7 Å². The second-order valence-corrected chi connectivity index (χ2v) is 7.81. The summed E-state index contributed by atoms with van der Waals surface area (Å²) in [6.45, 7) is 3.24. The van der Waals surface area contributed by atoms with Crippen LogP contribution in [0.1, 0.15) is 61.7 Å². The quantitative estimate of drug-likeness (QED) is 0.506. The molecule has 1 aromatic carbocycles. The molecule has 26 heavy (non-hydrogen) atoms. The van der Waals surface area contributed by atoms with Gasteiger partial charge >= 0.3 is 0 Å². The number of carbonyl (C=O) groups is 1. The third kappa shape index (κ3) is 8.28. The molecule has 1 aliphatic carbocycles. The molecule has 144 valence electrons. The zero-order valence-electron chi connectivity index (χ0n) is 16.0. The number of nitrogens with one attached hydrogen (secondary N) is 2. The van der Waals surface area contributed by atoms with Gasteiger partial charge in [0.1, 0.15) is 0 Å². The number of thiocarbonyl (C=S) groups is 1. The fraction of sp³-hybridized carbons (Fsp3) is 0.619. The molecule has 1 aromatic rings. The number of rotatable bonds is 9. The predicted molar refractivity (Wildman–Crippen MR) is 112 cm³/mol. The van der Waals surface area contributed by atoms with Crippen LogP contribution in [-0.4, -0.2) is 42.6 Å². The molecule has 0 heterocycles. The minimum Gasteiger partial charge on any atom is -0.362 e. The summed E-state index contributed by atoms with van der Waals surface area (Å²) < 4.78 is 0. The van der Waals surface area contributed by atoms with Crippen LogP contribution in [0.15, 0.2) is 30.3 Å². The van der Waals surface area contributed by atoms with Crippen molar-refractivity contribution >= 4 is 23.2 Å². The highest BCUT2D eigenvalue weighted by Crippen LogP contribution is 2.24. The van der Waals surface area contributed by atoms with Gasteiger partial charge in [-0.3, -0.25) is 10.1 Å². The summed E-state index contributed by atoms with van der Waals surface area (Å²) in [5.74, 6) is 0.758. The van der Waals surface area contributed by atoms with Crippen LogP contribution in [0.4, 0.5) is 0 Å². The van der Waals surface area contributed by atoms with E-state index in [-0.39, 0.29) is 5.91 Å². The summed E-state index contributed by atoms with van der Waals surface area (Å²) in [7, 11) is 2.25. The Balaban J connectivity index is 1.48. The van der Waals surface area contributed by atoms with Crippen LogP contribution in [0.2, 0.25) is 0 Å². The van der Waals surface area contributed by atoms with E-state index < -0.39 is 0 Å². The van der Waals surface area contributed by atoms with Crippen molar-refractivity contribution in [3.63, 3.8) is 0 Å². The fourth-order valence-electron chi connectivity index (χ4n) is 3.60. The topological polar surface area (TPSA) is 44.4 Å². The standard InChI is InChI=1S/C21H33N3OS/c1-24(17-18-11-5-2-6-12-18)16-10-4-9-15-22-21(26)23-20(25)19-13-7-3-8-14-19/h3,7-8,13-14,18H,2,4-6,9-12,15-17H2,1H3,(H2,22,23,25,26). The summed E-state index contributed by atoms with van der Waals surface area (Å²) in [6.07, 6.45) is 10.6. The first kappa shape index (κ1) is 20.8. The lowest BCUT2D eigenvalue weighted by Crippen LogP contribution is -2.39. The normalized spacial score (nSPS) is 15.0. The molecule has 5 heteroatoms. The van der Waals surface area contributed by atoms with Gasteiger partial charge in [0.05, 0.1) is 0 Å². The summed E-state index contributed by atoms with van der Waals surface area (Å²) in [6, 6.07) is 9.14. The van der Waals surface area contributed by atoms with Crippen LogP contribution >= 0.6 is 12.2 Å². The van der Waals surface area contributed by atoms with Crippen LogP contribution in [-0.2, 0) is 0 Å². The molecule has 0 spiro atoms. The molecule has 0 atom stereocenters. The molecule has 0 radical (unpaired) electrons. The zero-order chi connectivity index (χ0) is 18.6. The molecule has 1 fully saturated rings. The fourth-order valence-corrected chi connectivity index (χ4v) is 3.79. The molecule has 1 aliphatic rings. The average molecular weight is 376 g/mol. The first-order valence-electron chi connectivity index (χ1n) is 9.98. The molecular weight excluding hydrogens is 342 g/mol. The Kier molecular flexibility index (Phi) is 9.64. The zero-order valence-corrected chi connectivity index (χ0v) is 16.8. The minimum atomic E-state index is -0.160. The molecule has 4 nitrogen and oxygen atoms in total. The number of carbonyl (C=O) groups excluding carboxylic acids is 1. The Morgan fingerprint density at radius 1 is 1.12 bits per heavy atom. The van der Waals surface area contributed by atoms with Gasteiger partial charge in [-0.1, -0.05) is 43.9 Å². The molecule has 0 aromatic heterocycles. The third-order valence-electron chi connectivity index (χ3n) is 5.06. The molecular formula is C21H33N3OS. The van der Waals surface area contributed by atoms with Gasteiger partial charge in [-0.05, 0) is 69.5 Å². The van der Waals surface area contributed by atoms with E-state index in [1.807, 2.05) is 18.2 Å². The van der Waals surface area contributed by atoms with Gasteiger partial charge in [0, 0.05) is 18.7 Å². The summed E-state index contributed by atoms with van der Waals surface area (Å²) in [5, 5.41) is 6.26. The maximum atomic E-state index is 12.0. The Morgan fingerprint density at radius 2 is 1.85 bits per heavy atom. The van der Waals surface area contributed by atoms with Crippen LogP contribution < -0.4 is 10.6 Å². The minimum absolute atomic E-state index is 0.160. The lowest BCUT2D eigenvalue weighted by Gasteiger charge is -2.26. The van der Waals surface area contributed by atoms with Gasteiger partial charge in [-0.25, -0.2) is 0 Å². The van der Waals surface area contributed by atoms with Gasteiger partial charge in [0.25, 0.3) is 5.91 Å². The van der Waals surface area contributed by atoms with Crippen LogP contribution in [0, 0.1) is 5.92 Å². The monoisotopic (exact) mass is 375 g/mol. The Bertz CT molecular complexity index is 543. The second-order valence-electron chi connectivity index (χ2n) is 7.40. The summed E-state index contributed by atoms with van der Waals surface area (Å²) >= 11 is 5.19. The molecule has 2 rings (SSSR count). The van der Waals surface area contributed by atoms with Crippen molar-refractivity contribution in [1.29, 1.82) is 0 Å². The van der Waals surface area contributed by atoms with Crippen molar-refractivity contribution in [3.8, 4) is 0 Å². The van der Waals surface area contributed by atoms with E-state index in [1.165, 1.54) is 58.0 Å². The SMILES string of the molecule is CN(CCCCCNC(=S)NC(=O)c1ccccc1)CC1CCCCC1. The van der Waals surface area contributed by atoms with Crippen LogP contribution in [0.25, 0.3) is 0 Å². The van der Waals surface area contributed by atoms with Gasteiger partial charge in [-0.15, -0.1) is 0 Å². The van der Waals surface area contributed by atoms with E-state index in [2.05, 4.69) is 22.6 Å². The number of hydrogen-bond donors (Lipinski definition) is 2. The number of nitrogens with zero attached hydrogens (tertiary/aromatic N) is 1.